The summed E-state index contributed by atoms with van der Waals surface area (Å²) in [4.78, 5) is 10.7. The van der Waals surface area contributed by atoms with E-state index in [-0.39, 0.29) is 16.7 Å². The summed E-state index contributed by atoms with van der Waals surface area (Å²) < 4.78 is 2.68. The van der Waals surface area contributed by atoms with Gasteiger partial charge in [0, 0.05) is 24.3 Å². The van der Waals surface area contributed by atoms with Gasteiger partial charge in [-0.15, -0.1) is 0 Å². The Morgan fingerprint density at radius 3 is 2.09 bits per heavy atom. The van der Waals surface area contributed by atoms with Gasteiger partial charge in [-0.05, 0) is 42.9 Å². The third-order valence-corrected chi connectivity index (χ3v) is 7.97. The zero-order chi connectivity index (χ0) is 17.1. The summed E-state index contributed by atoms with van der Waals surface area (Å²) in [6, 6.07) is 9.15. The van der Waals surface area contributed by atoms with Crippen LogP contribution in [-0.2, 0) is 21.7 Å². The van der Waals surface area contributed by atoms with E-state index in [1.54, 1.807) is 0 Å². The van der Waals surface area contributed by atoms with Crippen LogP contribution in [0.5, 0.6) is 0 Å². The average molecular weight is 338 g/mol. The van der Waals surface area contributed by atoms with Gasteiger partial charge in [0.15, 0.2) is 0 Å². The van der Waals surface area contributed by atoms with Crippen molar-refractivity contribution in [2.75, 3.05) is 18.3 Å². The third kappa shape index (κ3) is 3.46. The van der Waals surface area contributed by atoms with Gasteiger partial charge in [0.1, 0.15) is 0 Å². The van der Waals surface area contributed by atoms with Gasteiger partial charge in [0.05, 0.1) is 0 Å². The van der Waals surface area contributed by atoms with Crippen LogP contribution >= 0.6 is 10.2 Å². The summed E-state index contributed by atoms with van der Waals surface area (Å²) in [5.74, 6) is 0.707. The Hall–Kier alpha value is -0.550. The van der Waals surface area contributed by atoms with Crippen molar-refractivity contribution in [3.05, 3.63) is 35.4 Å². The lowest BCUT2D eigenvalue weighted by molar-refractivity contribution is 0.0850. The molecule has 0 radical (unpaired) electrons. The molecule has 3 nitrogen and oxygen atoms in total. The fraction of sp³-hybridized carbons (Fsp3) is 0.684. The quantitative estimate of drug-likeness (QED) is 0.583. The van der Waals surface area contributed by atoms with E-state index in [0.29, 0.717) is 0 Å². The highest BCUT2D eigenvalue weighted by Crippen LogP contribution is 2.62. The average Bonchev–Trinajstić information content (AvgIpc) is 3.11. The summed E-state index contributed by atoms with van der Waals surface area (Å²) in [6.07, 6.45) is 5.70. The van der Waals surface area contributed by atoms with Gasteiger partial charge in [0.25, 0.3) is 0 Å². The maximum Gasteiger partial charge on any atom is 0.244 e. The summed E-state index contributed by atoms with van der Waals surface area (Å²) in [5.41, 5.74) is 3.07. The maximum atomic E-state index is 5.35. The minimum absolute atomic E-state index is 0.0796. The molecule has 4 heteroatoms. The SMILES string of the molecule is CC(C)(C)c1ccc(CN2C(C)(C)CC3(CS2(C)C)OO3)cc1. The van der Waals surface area contributed by atoms with E-state index in [4.69, 9.17) is 9.78 Å². The van der Waals surface area contributed by atoms with E-state index in [1.165, 1.54) is 11.1 Å². The van der Waals surface area contributed by atoms with Crippen molar-refractivity contribution in [2.24, 2.45) is 0 Å². The van der Waals surface area contributed by atoms with Crippen LogP contribution in [0, 0.1) is 0 Å². The molecule has 3 rings (SSSR count). The van der Waals surface area contributed by atoms with Gasteiger partial charge < -0.3 is 0 Å². The van der Waals surface area contributed by atoms with Gasteiger partial charge in [-0.3, -0.25) is 4.31 Å². The zero-order valence-corrected chi connectivity index (χ0v) is 16.4. The Morgan fingerprint density at radius 1 is 1.09 bits per heavy atom. The predicted molar refractivity (Wildman–Crippen MR) is 98.6 cm³/mol. The van der Waals surface area contributed by atoms with Crippen molar-refractivity contribution < 1.29 is 9.78 Å². The Labute approximate surface area is 142 Å². The highest BCUT2D eigenvalue weighted by molar-refractivity contribution is 8.30. The van der Waals surface area contributed by atoms with Gasteiger partial charge in [-0.25, -0.2) is 0 Å². The predicted octanol–water partition coefficient (Wildman–Crippen LogP) is 4.61. The number of hydrogen-bond donors (Lipinski definition) is 0. The van der Waals surface area contributed by atoms with Crippen molar-refractivity contribution in [3.8, 4) is 0 Å². The first-order valence-corrected chi connectivity index (χ1v) is 11.0. The molecule has 0 aromatic heterocycles. The lowest BCUT2D eigenvalue weighted by atomic mass is 9.86. The molecule has 1 aromatic carbocycles. The number of rotatable bonds is 2. The second kappa shape index (κ2) is 5.22. The molecule has 0 bridgehead atoms. The Balaban J connectivity index is 1.80. The molecule has 0 N–H and O–H groups in total. The van der Waals surface area contributed by atoms with Crippen molar-refractivity contribution in [3.63, 3.8) is 0 Å². The zero-order valence-electron chi connectivity index (χ0n) is 15.6. The van der Waals surface area contributed by atoms with Gasteiger partial charge in [-0.1, -0.05) is 45.0 Å². The van der Waals surface area contributed by atoms with E-state index >= 15 is 0 Å². The van der Waals surface area contributed by atoms with Crippen LogP contribution < -0.4 is 0 Å². The second-order valence-electron chi connectivity index (χ2n) is 9.17. The third-order valence-electron chi connectivity index (χ3n) is 5.01. The molecule has 0 atom stereocenters. The minimum atomic E-state index is -0.930. The van der Waals surface area contributed by atoms with Crippen LogP contribution in [0.4, 0.5) is 0 Å². The molecule has 0 unspecified atom stereocenters. The molecule has 0 amide bonds. The molecule has 0 aliphatic carbocycles. The van der Waals surface area contributed by atoms with E-state index in [1.807, 2.05) is 0 Å². The first kappa shape index (κ1) is 17.3. The van der Waals surface area contributed by atoms with Crippen LogP contribution in [-0.4, -0.2) is 33.9 Å². The second-order valence-corrected chi connectivity index (χ2v) is 12.9. The molecule has 2 fully saturated rings. The minimum Gasteiger partial charge on any atom is -0.258 e. The molecule has 2 heterocycles. The molecule has 23 heavy (non-hydrogen) atoms. The summed E-state index contributed by atoms with van der Waals surface area (Å²) in [6.45, 7) is 12.4. The molecular weight excluding hydrogens is 306 g/mol. The monoisotopic (exact) mass is 337 g/mol. The molecular formula is C19H31NO2S. The van der Waals surface area contributed by atoms with Gasteiger partial charge >= 0.3 is 0 Å². The Kier molecular flexibility index (Phi) is 3.92. The number of nitrogens with zero attached hydrogens (tertiary/aromatic N) is 1. The fourth-order valence-corrected chi connectivity index (χ4v) is 7.25. The van der Waals surface area contributed by atoms with E-state index in [0.717, 1.165) is 18.7 Å². The lowest BCUT2D eigenvalue weighted by Crippen LogP contribution is -2.54. The highest BCUT2D eigenvalue weighted by atomic mass is 32.3. The standard InChI is InChI=1S/C19H31NO2S/c1-17(2,3)16-10-8-15(9-11-16)12-20-18(4,5)13-19(21-22-19)14-23(20,6)7/h8-11H,12-14H2,1-7H3. The normalized spacial score (nSPS) is 26.9. The molecule has 0 saturated carbocycles. The largest absolute Gasteiger partial charge is 0.258 e. The van der Waals surface area contributed by atoms with Crippen LogP contribution in [0.2, 0.25) is 0 Å². The van der Waals surface area contributed by atoms with Crippen LogP contribution in [0.3, 0.4) is 0 Å². The van der Waals surface area contributed by atoms with Crippen molar-refractivity contribution in [2.45, 2.75) is 64.3 Å². The molecule has 2 aliphatic heterocycles. The molecule has 1 spiro atoms. The molecule has 1 aromatic rings. The maximum absolute atomic E-state index is 5.35. The highest BCUT2D eigenvalue weighted by Gasteiger charge is 2.60. The smallest absolute Gasteiger partial charge is 0.244 e. The van der Waals surface area contributed by atoms with Crippen LogP contribution in [0.25, 0.3) is 0 Å². The Morgan fingerprint density at radius 2 is 1.65 bits per heavy atom. The molecule has 2 aliphatic rings. The Bertz CT molecular complexity index is 562. The summed E-state index contributed by atoms with van der Waals surface area (Å²) in [7, 11) is -0.930. The van der Waals surface area contributed by atoms with Crippen molar-refractivity contribution in [1.29, 1.82) is 0 Å². The van der Waals surface area contributed by atoms with Crippen molar-refractivity contribution in [1.82, 2.24) is 4.31 Å². The number of hydrogen-bond acceptors (Lipinski definition) is 3. The summed E-state index contributed by atoms with van der Waals surface area (Å²) in [5, 5.41) is 0. The van der Waals surface area contributed by atoms with Gasteiger partial charge in [0.2, 0.25) is 5.79 Å². The summed E-state index contributed by atoms with van der Waals surface area (Å²) >= 11 is 0. The van der Waals surface area contributed by atoms with Crippen molar-refractivity contribution >= 4 is 10.2 Å². The topological polar surface area (TPSA) is 28.3 Å². The first-order valence-electron chi connectivity index (χ1n) is 8.39. The van der Waals surface area contributed by atoms with Crippen LogP contribution in [0.1, 0.15) is 52.2 Å². The van der Waals surface area contributed by atoms with E-state index < -0.39 is 10.2 Å². The molecule has 2 saturated heterocycles. The first-order chi connectivity index (χ1) is 10.4. The van der Waals surface area contributed by atoms with Crippen LogP contribution in [0.15, 0.2) is 24.3 Å². The van der Waals surface area contributed by atoms with E-state index in [9.17, 15) is 0 Å². The number of benzene rings is 1. The fourth-order valence-electron chi connectivity index (χ4n) is 3.91. The van der Waals surface area contributed by atoms with E-state index in [2.05, 4.69) is 75.7 Å². The lowest BCUT2D eigenvalue weighted by Gasteiger charge is -2.56. The van der Waals surface area contributed by atoms with Gasteiger partial charge in [-0.2, -0.15) is 20.0 Å². The molecule has 130 valence electrons.